The Balaban J connectivity index is 1.44. The summed E-state index contributed by atoms with van der Waals surface area (Å²) in [5.74, 6) is 1.76. The van der Waals surface area contributed by atoms with Crippen LogP contribution in [0.1, 0.15) is 49.1 Å². The molecule has 0 bridgehead atoms. The van der Waals surface area contributed by atoms with Crippen molar-refractivity contribution in [2.45, 2.75) is 44.2 Å². The standard InChI is InChI=1S/C15H18N4O2/c20-15(18-14-6-8-16-19(14)10-4-5-10)17-12-2-1-3-13-11(12)7-9-21-13/h6-10,12H,1-5H2,(H2,17,18,20). The summed E-state index contributed by atoms with van der Waals surface area (Å²) >= 11 is 0. The zero-order valence-electron chi connectivity index (χ0n) is 11.7. The molecular weight excluding hydrogens is 268 g/mol. The summed E-state index contributed by atoms with van der Waals surface area (Å²) in [6, 6.07) is 4.09. The number of carbonyl (C=O) groups excluding carboxylic acids is 1. The van der Waals surface area contributed by atoms with Gasteiger partial charge in [-0.2, -0.15) is 5.10 Å². The van der Waals surface area contributed by atoms with Gasteiger partial charge >= 0.3 is 6.03 Å². The summed E-state index contributed by atoms with van der Waals surface area (Å²) in [5, 5.41) is 10.2. The van der Waals surface area contributed by atoms with Crippen LogP contribution in [-0.4, -0.2) is 15.8 Å². The molecule has 6 heteroatoms. The first-order valence-corrected chi connectivity index (χ1v) is 7.48. The lowest BCUT2D eigenvalue weighted by Gasteiger charge is -2.22. The van der Waals surface area contributed by atoms with Gasteiger partial charge in [0.15, 0.2) is 0 Å². The summed E-state index contributed by atoms with van der Waals surface area (Å²) in [6.45, 7) is 0. The van der Waals surface area contributed by atoms with E-state index in [0.717, 1.165) is 49.2 Å². The number of rotatable bonds is 3. The van der Waals surface area contributed by atoms with Crippen LogP contribution in [0.5, 0.6) is 0 Å². The second-order valence-electron chi connectivity index (χ2n) is 5.73. The van der Waals surface area contributed by atoms with Crippen LogP contribution in [0.3, 0.4) is 0 Å². The lowest BCUT2D eigenvalue weighted by atomic mass is 9.93. The molecule has 1 atom stereocenters. The maximum Gasteiger partial charge on any atom is 0.320 e. The molecule has 2 aromatic heterocycles. The van der Waals surface area contributed by atoms with E-state index in [1.165, 1.54) is 0 Å². The number of fused-ring (bicyclic) bond motifs is 1. The molecular formula is C15H18N4O2. The fourth-order valence-corrected chi connectivity index (χ4v) is 2.97. The van der Waals surface area contributed by atoms with Crippen molar-refractivity contribution >= 4 is 11.8 Å². The molecule has 110 valence electrons. The molecule has 21 heavy (non-hydrogen) atoms. The highest BCUT2D eigenvalue weighted by Crippen LogP contribution is 2.36. The third kappa shape index (κ3) is 2.41. The SMILES string of the molecule is O=C(Nc1ccnn1C1CC1)NC1CCCc2occc21. The van der Waals surface area contributed by atoms with E-state index in [1.54, 1.807) is 12.5 Å². The number of amides is 2. The van der Waals surface area contributed by atoms with E-state index in [1.807, 2.05) is 16.8 Å². The predicted octanol–water partition coefficient (Wildman–Crippen LogP) is 3.01. The minimum atomic E-state index is -0.184. The minimum absolute atomic E-state index is 0.0322. The largest absolute Gasteiger partial charge is 0.469 e. The number of anilines is 1. The molecule has 1 saturated carbocycles. The van der Waals surface area contributed by atoms with Crippen LogP contribution >= 0.6 is 0 Å². The third-order valence-corrected chi connectivity index (χ3v) is 4.16. The summed E-state index contributed by atoms with van der Waals surface area (Å²) in [4.78, 5) is 12.2. The Morgan fingerprint density at radius 1 is 1.33 bits per heavy atom. The van der Waals surface area contributed by atoms with Crippen molar-refractivity contribution in [2.24, 2.45) is 0 Å². The van der Waals surface area contributed by atoms with Gasteiger partial charge in [-0.1, -0.05) is 0 Å². The van der Waals surface area contributed by atoms with Crippen molar-refractivity contribution in [2.75, 3.05) is 5.32 Å². The Labute approximate surface area is 122 Å². The molecule has 4 rings (SSSR count). The van der Waals surface area contributed by atoms with Crippen LogP contribution in [0.2, 0.25) is 0 Å². The molecule has 0 spiro atoms. The highest BCUT2D eigenvalue weighted by molar-refractivity contribution is 5.88. The second kappa shape index (κ2) is 4.95. The van der Waals surface area contributed by atoms with Gasteiger partial charge in [0.2, 0.25) is 0 Å². The Morgan fingerprint density at radius 2 is 2.24 bits per heavy atom. The van der Waals surface area contributed by atoms with E-state index in [-0.39, 0.29) is 12.1 Å². The number of aromatic nitrogens is 2. The number of hydrogen-bond donors (Lipinski definition) is 2. The molecule has 1 fully saturated rings. The van der Waals surface area contributed by atoms with Crippen LogP contribution < -0.4 is 10.6 Å². The van der Waals surface area contributed by atoms with Crippen molar-refractivity contribution < 1.29 is 9.21 Å². The van der Waals surface area contributed by atoms with Crippen molar-refractivity contribution in [1.29, 1.82) is 0 Å². The van der Waals surface area contributed by atoms with E-state index >= 15 is 0 Å². The monoisotopic (exact) mass is 286 g/mol. The maximum absolute atomic E-state index is 12.2. The van der Waals surface area contributed by atoms with Gasteiger partial charge in [0.1, 0.15) is 11.6 Å². The van der Waals surface area contributed by atoms with Gasteiger partial charge < -0.3 is 9.73 Å². The summed E-state index contributed by atoms with van der Waals surface area (Å²) in [6.07, 6.45) is 8.63. The van der Waals surface area contributed by atoms with Crippen molar-refractivity contribution in [3.05, 3.63) is 35.9 Å². The van der Waals surface area contributed by atoms with Gasteiger partial charge in [-0.15, -0.1) is 0 Å². The lowest BCUT2D eigenvalue weighted by molar-refractivity contribution is 0.246. The fraction of sp³-hybridized carbons (Fsp3) is 0.467. The first-order chi connectivity index (χ1) is 10.3. The van der Waals surface area contributed by atoms with Crippen molar-refractivity contribution in [1.82, 2.24) is 15.1 Å². The molecule has 0 saturated heterocycles. The number of nitrogens with zero attached hydrogens (tertiary/aromatic N) is 2. The highest BCUT2D eigenvalue weighted by Gasteiger charge is 2.28. The zero-order chi connectivity index (χ0) is 14.2. The topological polar surface area (TPSA) is 72.1 Å². The van der Waals surface area contributed by atoms with E-state index < -0.39 is 0 Å². The van der Waals surface area contributed by atoms with Gasteiger partial charge in [-0.25, -0.2) is 9.48 Å². The van der Waals surface area contributed by atoms with Crippen molar-refractivity contribution in [3.63, 3.8) is 0 Å². The Morgan fingerprint density at radius 3 is 3.10 bits per heavy atom. The van der Waals surface area contributed by atoms with Gasteiger partial charge in [-0.05, 0) is 31.7 Å². The summed E-state index contributed by atoms with van der Waals surface area (Å²) in [5.41, 5.74) is 1.10. The first kappa shape index (κ1) is 12.5. The van der Waals surface area contributed by atoms with Gasteiger partial charge in [-0.3, -0.25) is 5.32 Å². The molecule has 2 heterocycles. The minimum Gasteiger partial charge on any atom is -0.469 e. The number of nitrogens with one attached hydrogen (secondary N) is 2. The normalized spacial score (nSPS) is 20.9. The fourth-order valence-electron chi connectivity index (χ4n) is 2.97. The molecule has 2 aromatic rings. The lowest BCUT2D eigenvalue weighted by Crippen LogP contribution is -2.34. The highest BCUT2D eigenvalue weighted by atomic mass is 16.3. The smallest absolute Gasteiger partial charge is 0.320 e. The Bertz CT molecular complexity index is 656. The van der Waals surface area contributed by atoms with E-state index in [0.29, 0.717) is 6.04 Å². The first-order valence-electron chi connectivity index (χ1n) is 7.48. The number of hydrogen-bond acceptors (Lipinski definition) is 3. The Hall–Kier alpha value is -2.24. The zero-order valence-corrected chi connectivity index (χ0v) is 11.7. The van der Waals surface area contributed by atoms with E-state index in [9.17, 15) is 4.79 Å². The van der Waals surface area contributed by atoms with Crippen molar-refractivity contribution in [3.8, 4) is 0 Å². The number of urea groups is 1. The van der Waals surface area contributed by atoms with Gasteiger partial charge in [0.25, 0.3) is 0 Å². The van der Waals surface area contributed by atoms with Crippen LogP contribution in [0.25, 0.3) is 0 Å². The average Bonchev–Trinajstić information content (AvgIpc) is 3.01. The average molecular weight is 286 g/mol. The molecule has 0 radical (unpaired) electrons. The third-order valence-electron chi connectivity index (χ3n) is 4.16. The Kier molecular flexibility index (Phi) is 2.94. The molecule has 2 N–H and O–H groups in total. The second-order valence-corrected chi connectivity index (χ2v) is 5.73. The van der Waals surface area contributed by atoms with Crippen LogP contribution in [0.4, 0.5) is 10.6 Å². The molecule has 1 unspecified atom stereocenters. The molecule has 6 nitrogen and oxygen atoms in total. The van der Waals surface area contributed by atoms with Crippen LogP contribution in [0, 0.1) is 0 Å². The summed E-state index contributed by atoms with van der Waals surface area (Å²) in [7, 11) is 0. The van der Waals surface area contributed by atoms with Crippen LogP contribution in [0.15, 0.2) is 29.0 Å². The predicted molar refractivity (Wildman–Crippen MR) is 77.0 cm³/mol. The van der Waals surface area contributed by atoms with Gasteiger partial charge in [0, 0.05) is 18.1 Å². The quantitative estimate of drug-likeness (QED) is 0.911. The maximum atomic E-state index is 12.2. The molecule has 2 aliphatic carbocycles. The number of aryl methyl sites for hydroxylation is 1. The van der Waals surface area contributed by atoms with Crippen LogP contribution in [-0.2, 0) is 6.42 Å². The van der Waals surface area contributed by atoms with Gasteiger partial charge in [0.05, 0.1) is 24.5 Å². The van der Waals surface area contributed by atoms with E-state index in [2.05, 4.69) is 15.7 Å². The van der Waals surface area contributed by atoms with E-state index in [4.69, 9.17) is 4.42 Å². The number of furan rings is 1. The molecule has 0 aromatic carbocycles. The molecule has 0 aliphatic heterocycles. The summed E-state index contributed by atoms with van der Waals surface area (Å²) < 4.78 is 7.34. The molecule has 2 amide bonds. The number of carbonyl (C=O) groups is 1. The molecule has 2 aliphatic rings.